The number of nitrogens with one attached hydrogen (secondary N) is 1. The summed E-state index contributed by atoms with van der Waals surface area (Å²) in [4.78, 5) is 7.52. The topological polar surface area (TPSA) is 103 Å². The number of thioether (sulfide) groups is 1. The van der Waals surface area contributed by atoms with E-state index in [1.54, 1.807) is 0 Å². The molecule has 0 aliphatic heterocycles. The average molecular weight is 392 g/mol. The fourth-order valence-electron chi connectivity index (χ4n) is 3.05. The molecule has 2 N–H and O–H groups in total. The molecule has 3 aromatic rings. The number of H-pyrrole nitrogens is 1. The Labute approximate surface area is 166 Å². The maximum atomic E-state index is 10.8. The molecule has 7 nitrogen and oxygen atoms in total. The number of aliphatic hydroxyl groups is 1. The zero-order valence-corrected chi connectivity index (χ0v) is 16.3. The molecule has 1 aliphatic rings. The average Bonchev–Trinajstić information content (AvgIpc) is 3.33. The van der Waals surface area contributed by atoms with E-state index in [-0.39, 0.29) is 16.6 Å². The molecule has 1 fully saturated rings. The Hall–Kier alpha value is -3.05. The zero-order chi connectivity index (χ0) is 19.7. The number of fused-ring (bicyclic) bond motifs is 1. The summed E-state index contributed by atoms with van der Waals surface area (Å²) in [6, 6.07) is 9.59. The van der Waals surface area contributed by atoms with Crippen LogP contribution >= 0.6 is 11.8 Å². The van der Waals surface area contributed by atoms with Gasteiger partial charge in [-0.25, -0.2) is 4.98 Å². The van der Waals surface area contributed by atoms with E-state index in [2.05, 4.69) is 32.8 Å². The first-order valence-electron chi connectivity index (χ1n) is 9.11. The van der Waals surface area contributed by atoms with Gasteiger partial charge < -0.3 is 14.7 Å². The third kappa shape index (κ3) is 3.41. The van der Waals surface area contributed by atoms with E-state index in [4.69, 9.17) is 0 Å². The number of nitrogens with zero attached hydrogens (tertiary/aromatic N) is 5. The van der Waals surface area contributed by atoms with Gasteiger partial charge in [-0.3, -0.25) is 0 Å². The van der Waals surface area contributed by atoms with Gasteiger partial charge in [-0.05, 0) is 31.9 Å². The van der Waals surface area contributed by atoms with Crippen molar-refractivity contribution in [2.45, 2.75) is 42.6 Å². The van der Waals surface area contributed by atoms with Gasteiger partial charge >= 0.3 is 0 Å². The molecule has 0 radical (unpaired) electrons. The Bertz CT molecular complexity index is 1070. The summed E-state index contributed by atoms with van der Waals surface area (Å²) in [7, 11) is 0. The number of hydrogen-bond donors (Lipinski definition) is 2. The fourth-order valence-corrected chi connectivity index (χ4v) is 3.98. The van der Waals surface area contributed by atoms with Gasteiger partial charge in [0.1, 0.15) is 23.2 Å². The summed E-state index contributed by atoms with van der Waals surface area (Å²) < 4.78 is 2.03. The third-order valence-electron chi connectivity index (χ3n) is 4.66. The van der Waals surface area contributed by atoms with E-state index >= 15 is 0 Å². The highest BCUT2D eigenvalue weighted by Gasteiger charge is 2.31. The third-order valence-corrected chi connectivity index (χ3v) is 5.75. The molecule has 0 unspecified atom stereocenters. The van der Waals surface area contributed by atoms with Gasteiger partial charge in [0.05, 0.1) is 16.3 Å². The van der Waals surface area contributed by atoms with E-state index in [0.29, 0.717) is 23.4 Å². The molecule has 8 heteroatoms. The van der Waals surface area contributed by atoms with Crippen LogP contribution in [0, 0.1) is 11.3 Å². The highest BCUT2D eigenvalue weighted by atomic mass is 32.2. The van der Waals surface area contributed by atoms with Crippen molar-refractivity contribution < 1.29 is 5.11 Å². The largest absolute Gasteiger partial charge is 0.510 e. The summed E-state index contributed by atoms with van der Waals surface area (Å²) in [6.45, 7) is 6.27. The molecule has 1 aromatic carbocycles. The minimum atomic E-state index is -0.386. The van der Waals surface area contributed by atoms with Crippen molar-refractivity contribution in [3.63, 3.8) is 0 Å². The molecule has 1 atom stereocenters. The molecule has 0 saturated heterocycles. The first-order chi connectivity index (χ1) is 13.6. The van der Waals surface area contributed by atoms with Crippen LogP contribution in [0.5, 0.6) is 0 Å². The highest BCUT2D eigenvalue weighted by Crippen LogP contribution is 2.40. The number of allylic oxidation sites excluding steroid dienone is 2. The van der Waals surface area contributed by atoms with Gasteiger partial charge in [-0.15, -0.1) is 16.8 Å². The lowest BCUT2D eigenvalue weighted by atomic mass is 10.2. The predicted octanol–water partition coefficient (Wildman–Crippen LogP) is 4.19. The van der Waals surface area contributed by atoms with Gasteiger partial charge in [-0.2, -0.15) is 5.26 Å². The molecule has 142 valence electrons. The van der Waals surface area contributed by atoms with Crippen molar-refractivity contribution in [2.75, 3.05) is 0 Å². The Balaban J connectivity index is 1.63. The van der Waals surface area contributed by atoms with Crippen molar-refractivity contribution in [3.05, 3.63) is 54.3 Å². The number of aromatic amines is 1. The van der Waals surface area contributed by atoms with Gasteiger partial charge in [0.15, 0.2) is 11.0 Å². The van der Waals surface area contributed by atoms with Crippen molar-refractivity contribution in [2.24, 2.45) is 0 Å². The quantitative estimate of drug-likeness (QED) is 0.270. The number of hydrogen-bond acceptors (Lipinski definition) is 6. The van der Waals surface area contributed by atoms with Crippen molar-refractivity contribution in [3.8, 4) is 6.07 Å². The summed E-state index contributed by atoms with van der Waals surface area (Å²) in [5.41, 5.74) is 1.70. The first-order valence-corrected chi connectivity index (χ1v) is 9.99. The fraction of sp³-hybridized carbons (Fsp3) is 0.300. The minimum Gasteiger partial charge on any atom is -0.510 e. The van der Waals surface area contributed by atoms with Crippen molar-refractivity contribution in [1.82, 2.24) is 24.7 Å². The number of nitriles is 1. The van der Waals surface area contributed by atoms with Crippen LogP contribution in [0.2, 0.25) is 0 Å². The van der Waals surface area contributed by atoms with Crippen LogP contribution in [-0.4, -0.2) is 35.1 Å². The smallest absolute Gasteiger partial charge is 0.192 e. The SMILES string of the molecule is C=CCn1c(S[C@H](C)C(O)=C(C#N)c2nc3ccccc3[nH]2)nnc1C1CC1. The van der Waals surface area contributed by atoms with Gasteiger partial charge in [-0.1, -0.05) is 30.0 Å². The second kappa shape index (κ2) is 7.52. The molecule has 0 bridgehead atoms. The molecule has 2 aromatic heterocycles. The first kappa shape index (κ1) is 18.3. The lowest BCUT2D eigenvalue weighted by molar-refractivity contribution is 0.401. The predicted molar refractivity (Wildman–Crippen MR) is 109 cm³/mol. The van der Waals surface area contributed by atoms with Crippen LogP contribution in [0.15, 0.2) is 47.8 Å². The van der Waals surface area contributed by atoms with Crippen LogP contribution < -0.4 is 0 Å². The Morgan fingerprint density at radius 3 is 2.93 bits per heavy atom. The van der Waals surface area contributed by atoms with E-state index in [0.717, 1.165) is 29.7 Å². The maximum absolute atomic E-state index is 10.8. The van der Waals surface area contributed by atoms with Crippen LogP contribution in [0.1, 0.15) is 37.3 Å². The second-order valence-electron chi connectivity index (χ2n) is 6.75. The highest BCUT2D eigenvalue weighted by molar-refractivity contribution is 7.99. The molecule has 2 heterocycles. The molecular weight excluding hydrogens is 372 g/mol. The molecule has 4 rings (SSSR count). The lowest BCUT2D eigenvalue weighted by Crippen LogP contribution is -2.08. The number of aliphatic hydroxyl groups excluding tert-OH is 1. The van der Waals surface area contributed by atoms with E-state index in [1.165, 1.54) is 11.8 Å². The minimum absolute atomic E-state index is 0.0346. The normalized spacial score (nSPS) is 15.9. The molecule has 1 saturated carbocycles. The second-order valence-corrected chi connectivity index (χ2v) is 8.06. The Kier molecular flexibility index (Phi) is 4.92. The molecule has 0 spiro atoms. The monoisotopic (exact) mass is 392 g/mol. The summed E-state index contributed by atoms with van der Waals surface area (Å²) >= 11 is 1.37. The van der Waals surface area contributed by atoms with Gasteiger partial charge in [0, 0.05) is 12.5 Å². The number of rotatable bonds is 7. The maximum Gasteiger partial charge on any atom is 0.192 e. The summed E-state index contributed by atoms with van der Waals surface area (Å²) in [6.07, 6.45) is 4.07. The number of imidazole rings is 1. The van der Waals surface area contributed by atoms with Gasteiger partial charge in [0.25, 0.3) is 0 Å². The number of para-hydroxylation sites is 2. The van der Waals surface area contributed by atoms with Crippen LogP contribution in [0.4, 0.5) is 0 Å². The Morgan fingerprint density at radius 2 is 2.25 bits per heavy atom. The lowest BCUT2D eigenvalue weighted by Gasteiger charge is -2.12. The van der Waals surface area contributed by atoms with Crippen LogP contribution in [-0.2, 0) is 6.54 Å². The summed E-state index contributed by atoms with van der Waals surface area (Å²) in [5.74, 6) is 1.76. The summed E-state index contributed by atoms with van der Waals surface area (Å²) in [5, 5.41) is 29.3. The van der Waals surface area contributed by atoms with Crippen LogP contribution in [0.3, 0.4) is 0 Å². The van der Waals surface area contributed by atoms with E-state index < -0.39 is 0 Å². The van der Waals surface area contributed by atoms with E-state index in [9.17, 15) is 10.4 Å². The van der Waals surface area contributed by atoms with E-state index in [1.807, 2.05) is 41.8 Å². The van der Waals surface area contributed by atoms with Crippen molar-refractivity contribution in [1.29, 1.82) is 5.26 Å². The molecule has 28 heavy (non-hydrogen) atoms. The standard InChI is InChI=1S/C20H20N6OS/c1-3-10-26-19(13-8-9-13)24-25-20(26)28-12(2)17(27)14(11-21)18-22-15-6-4-5-7-16(15)23-18/h3-7,12-13,27H,1,8-10H2,2H3,(H,22,23)/t12-/m1/s1. The number of aromatic nitrogens is 5. The molecule has 0 amide bonds. The number of benzene rings is 1. The Morgan fingerprint density at radius 1 is 1.46 bits per heavy atom. The van der Waals surface area contributed by atoms with Gasteiger partial charge in [0.2, 0.25) is 0 Å². The molecule has 1 aliphatic carbocycles. The molecular formula is C20H20N6OS. The van der Waals surface area contributed by atoms with Crippen LogP contribution in [0.25, 0.3) is 16.6 Å². The van der Waals surface area contributed by atoms with Crippen molar-refractivity contribution >= 4 is 28.4 Å². The zero-order valence-electron chi connectivity index (χ0n) is 15.5.